The fraction of sp³-hybridized carbons (Fsp3) is 0.773. The maximum Gasteiger partial charge on any atom is 0.414 e. The minimum Gasteiger partial charge on any atom is -0.475 e. The standard InChI is InChI=1S/C22H38N5O3S/c1-5-6-7-8-16-29-21-20(23-31-24-21)19-10-9-15-27(4,17-19)18(2)30-22(28)26-13-11-25(3)12-14-26/h10,18H,5-9,11-17H2,1-4H3/q+1. The minimum absolute atomic E-state index is 0.206. The van der Waals surface area contributed by atoms with Crippen LogP contribution in [0.3, 0.4) is 0 Å². The summed E-state index contributed by atoms with van der Waals surface area (Å²) >= 11 is 1.20. The summed E-state index contributed by atoms with van der Waals surface area (Å²) < 4.78 is 21.4. The molecule has 2 aliphatic heterocycles. The Hall–Kier alpha value is -1.71. The summed E-state index contributed by atoms with van der Waals surface area (Å²) in [6.45, 7) is 9.78. The molecule has 9 heteroatoms. The molecule has 2 aliphatic rings. The first-order valence-corrected chi connectivity index (χ1v) is 12.3. The van der Waals surface area contributed by atoms with Crippen molar-refractivity contribution in [2.24, 2.45) is 0 Å². The van der Waals surface area contributed by atoms with Gasteiger partial charge in [-0.2, -0.15) is 4.37 Å². The van der Waals surface area contributed by atoms with Crippen LogP contribution in [0.1, 0.15) is 51.6 Å². The lowest BCUT2D eigenvalue weighted by Crippen LogP contribution is -2.57. The first-order chi connectivity index (χ1) is 14.9. The van der Waals surface area contributed by atoms with E-state index in [2.05, 4.69) is 40.7 Å². The van der Waals surface area contributed by atoms with E-state index in [-0.39, 0.29) is 12.3 Å². The highest BCUT2D eigenvalue weighted by atomic mass is 32.1. The Morgan fingerprint density at radius 2 is 2.00 bits per heavy atom. The van der Waals surface area contributed by atoms with Crippen molar-refractivity contribution in [3.63, 3.8) is 0 Å². The molecule has 0 spiro atoms. The molecule has 174 valence electrons. The third-order valence-electron chi connectivity index (χ3n) is 6.47. The summed E-state index contributed by atoms with van der Waals surface area (Å²) in [7, 11) is 4.23. The van der Waals surface area contributed by atoms with Crippen molar-refractivity contribution in [2.45, 2.75) is 52.2 Å². The highest BCUT2D eigenvalue weighted by Crippen LogP contribution is 2.31. The number of carbonyl (C=O) groups is 1. The van der Waals surface area contributed by atoms with Crippen molar-refractivity contribution < 1.29 is 18.8 Å². The van der Waals surface area contributed by atoms with Gasteiger partial charge >= 0.3 is 6.09 Å². The van der Waals surface area contributed by atoms with E-state index in [0.29, 0.717) is 17.0 Å². The summed E-state index contributed by atoms with van der Waals surface area (Å²) in [5.41, 5.74) is 1.98. The molecular weight excluding hydrogens is 414 g/mol. The van der Waals surface area contributed by atoms with E-state index >= 15 is 0 Å². The Morgan fingerprint density at radius 3 is 2.74 bits per heavy atom. The number of piperazine rings is 1. The second-order valence-electron chi connectivity index (χ2n) is 8.98. The van der Waals surface area contributed by atoms with Gasteiger partial charge in [0, 0.05) is 45.1 Å². The van der Waals surface area contributed by atoms with E-state index in [4.69, 9.17) is 9.47 Å². The number of rotatable bonds is 9. The maximum atomic E-state index is 12.7. The van der Waals surface area contributed by atoms with Gasteiger partial charge < -0.3 is 19.3 Å². The molecule has 1 saturated heterocycles. The van der Waals surface area contributed by atoms with Gasteiger partial charge in [0.15, 0.2) is 0 Å². The molecule has 0 N–H and O–H groups in total. The number of hydrogen-bond donors (Lipinski definition) is 0. The maximum absolute atomic E-state index is 12.7. The summed E-state index contributed by atoms with van der Waals surface area (Å²) in [5, 5.41) is 0. The van der Waals surface area contributed by atoms with Crippen LogP contribution in [-0.4, -0.2) is 95.3 Å². The molecule has 2 atom stereocenters. The number of carbonyl (C=O) groups excluding carboxylic acids is 1. The van der Waals surface area contributed by atoms with E-state index in [1.807, 2.05) is 11.8 Å². The highest BCUT2D eigenvalue weighted by Gasteiger charge is 2.37. The van der Waals surface area contributed by atoms with Crippen LogP contribution in [0.2, 0.25) is 0 Å². The SMILES string of the molecule is CCCCCCOc1nsnc1C1=CCC[N+](C)(C(C)OC(=O)N2CCN(C)CC2)C1. The first-order valence-electron chi connectivity index (χ1n) is 11.6. The number of nitrogens with zero attached hydrogens (tertiary/aromatic N) is 5. The Labute approximate surface area is 190 Å². The van der Waals surface area contributed by atoms with Gasteiger partial charge in [0.1, 0.15) is 12.2 Å². The van der Waals surface area contributed by atoms with E-state index in [9.17, 15) is 4.79 Å². The number of quaternary nitrogens is 1. The third-order valence-corrected chi connectivity index (χ3v) is 6.98. The highest BCUT2D eigenvalue weighted by molar-refractivity contribution is 6.99. The lowest BCUT2D eigenvalue weighted by molar-refractivity contribution is -0.944. The van der Waals surface area contributed by atoms with Gasteiger partial charge in [-0.3, -0.25) is 4.48 Å². The van der Waals surface area contributed by atoms with Crippen LogP contribution in [0.4, 0.5) is 4.79 Å². The number of likely N-dealkylation sites (N-methyl/N-ethyl adjacent to an activating group) is 2. The molecule has 3 heterocycles. The van der Waals surface area contributed by atoms with Crippen molar-refractivity contribution in [3.8, 4) is 5.88 Å². The zero-order valence-corrected chi connectivity index (χ0v) is 20.3. The molecule has 1 aromatic rings. The normalized spacial score (nSPS) is 23.4. The molecule has 31 heavy (non-hydrogen) atoms. The topological polar surface area (TPSA) is 67.8 Å². The fourth-order valence-corrected chi connectivity index (χ4v) is 4.59. The predicted molar refractivity (Wildman–Crippen MR) is 123 cm³/mol. The molecule has 0 saturated carbocycles. The van der Waals surface area contributed by atoms with Crippen molar-refractivity contribution in [3.05, 3.63) is 11.8 Å². The summed E-state index contributed by atoms with van der Waals surface area (Å²) in [4.78, 5) is 16.7. The summed E-state index contributed by atoms with van der Waals surface area (Å²) in [5.74, 6) is 0.642. The van der Waals surface area contributed by atoms with E-state index in [1.54, 1.807) is 0 Å². The lowest BCUT2D eigenvalue weighted by atomic mass is 10.0. The molecule has 8 nitrogen and oxygen atoms in total. The van der Waals surface area contributed by atoms with Crippen LogP contribution in [0.25, 0.3) is 5.57 Å². The van der Waals surface area contributed by atoms with Gasteiger partial charge in [-0.15, -0.1) is 4.37 Å². The minimum atomic E-state index is -0.235. The van der Waals surface area contributed by atoms with E-state index < -0.39 is 0 Å². The van der Waals surface area contributed by atoms with Gasteiger partial charge in [-0.05, 0) is 13.5 Å². The van der Waals surface area contributed by atoms with Crippen molar-refractivity contribution in [2.75, 3.05) is 60.0 Å². The molecule has 0 aromatic carbocycles. The number of aromatic nitrogens is 2. The molecular formula is C22H38N5O3S+. The fourth-order valence-electron chi connectivity index (χ4n) is 4.05. The predicted octanol–water partition coefficient (Wildman–Crippen LogP) is 3.46. The van der Waals surface area contributed by atoms with Gasteiger partial charge in [0.2, 0.25) is 6.23 Å². The zero-order chi connectivity index (χ0) is 22.3. The average molecular weight is 453 g/mol. The smallest absolute Gasteiger partial charge is 0.414 e. The zero-order valence-electron chi connectivity index (χ0n) is 19.5. The molecule has 0 bridgehead atoms. The van der Waals surface area contributed by atoms with Crippen LogP contribution in [0, 0.1) is 0 Å². The quantitative estimate of drug-likeness (QED) is 0.422. The van der Waals surface area contributed by atoms with Crippen molar-refractivity contribution in [1.29, 1.82) is 0 Å². The Bertz CT molecular complexity index is 747. The summed E-state index contributed by atoms with van der Waals surface area (Å²) in [6.07, 6.45) is 7.37. The van der Waals surface area contributed by atoms with Gasteiger partial charge in [-0.25, -0.2) is 4.79 Å². The van der Waals surface area contributed by atoms with Crippen LogP contribution in [-0.2, 0) is 4.74 Å². The molecule has 1 aromatic heterocycles. The monoisotopic (exact) mass is 452 g/mol. The Kier molecular flexibility index (Phi) is 8.68. The van der Waals surface area contributed by atoms with Gasteiger partial charge in [-0.1, -0.05) is 32.3 Å². The number of hydrogen-bond acceptors (Lipinski definition) is 7. The largest absolute Gasteiger partial charge is 0.475 e. The Morgan fingerprint density at radius 1 is 1.23 bits per heavy atom. The second-order valence-corrected chi connectivity index (χ2v) is 9.51. The molecule has 3 rings (SSSR count). The molecule has 0 radical (unpaired) electrons. The van der Waals surface area contributed by atoms with Crippen LogP contribution >= 0.6 is 11.7 Å². The van der Waals surface area contributed by atoms with Gasteiger partial charge in [0.25, 0.3) is 5.88 Å². The second kappa shape index (κ2) is 11.2. The number of unbranched alkanes of at least 4 members (excludes halogenated alkanes) is 3. The van der Waals surface area contributed by atoms with Gasteiger partial charge in [0.05, 0.1) is 31.9 Å². The number of amides is 1. The van der Waals surface area contributed by atoms with Crippen molar-refractivity contribution >= 4 is 23.4 Å². The van der Waals surface area contributed by atoms with Crippen molar-refractivity contribution in [1.82, 2.24) is 18.5 Å². The molecule has 0 aliphatic carbocycles. The average Bonchev–Trinajstić information content (AvgIpc) is 3.22. The summed E-state index contributed by atoms with van der Waals surface area (Å²) in [6, 6.07) is 0. The van der Waals surface area contributed by atoms with Crippen LogP contribution in [0.15, 0.2) is 6.08 Å². The first kappa shape index (κ1) is 23.9. The van der Waals surface area contributed by atoms with Crippen LogP contribution in [0.5, 0.6) is 5.88 Å². The lowest BCUT2D eigenvalue weighted by Gasteiger charge is -2.42. The van der Waals surface area contributed by atoms with E-state index in [1.165, 1.54) is 31.0 Å². The Balaban J connectivity index is 1.57. The third kappa shape index (κ3) is 6.40. The number of ether oxygens (including phenoxy) is 2. The molecule has 2 unspecified atom stereocenters. The molecule has 1 fully saturated rings. The molecule has 1 amide bonds. The van der Waals surface area contributed by atoms with Crippen LogP contribution < -0.4 is 4.74 Å². The van der Waals surface area contributed by atoms with E-state index in [0.717, 1.165) is 63.4 Å².